The number of hydrogen-bond donors (Lipinski definition) is 1. The van der Waals surface area contributed by atoms with Crippen molar-refractivity contribution in [1.29, 1.82) is 0 Å². The standard InChI is InChI=1S/C10H11Cl2F2N/c11-8-2-1-7(9(12)5-8)3-4-15-6-10(13)14/h1-2,5,10,15H,3-4,6H2. The number of nitrogens with one attached hydrogen (secondary N) is 1. The molecule has 1 nitrogen and oxygen atoms in total. The molecule has 0 bridgehead atoms. The van der Waals surface area contributed by atoms with E-state index in [0.717, 1.165) is 5.56 Å². The van der Waals surface area contributed by atoms with Crippen molar-refractivity contribution in [2.75, 3.05) is 13.1 Å². The van der Waals surface area contributed by atoms with Gasteiger partial charge in [0.05, 0.1) is 6.54 Å². The van der Waals surface area contributed by atoms with Crippen LogP contribution in [-0.4, -0.2) is 19.5 Å². The van der Waals surface area contributed by atoms with Gasteiger partial charge in [-0.2, -0.15) is 0 Å². The van der Waals surface area contributed by atoms with Crippen molar-refractivity contribution in [2.45, 2.75) is 12.8 Å². The van der Waals surface area contributed by atoms with Gasteiger partial charge in [0.1, 0.15) is 0 Å². The number of hydrogen-bond acceptors (Lipinski definition) is 1. The molecule has 0 heterocycles. The zero-order valence-corrected chi connectivity index (χ0v) is 9.45. The number of halogens is 4. The summed E-state index contributed by atoms with van der Waals surface area (Å²) in [6.07, 6.45) is -1.70. The van der Waals surface area contributed by atoms with E-state index in [1.165, 1.54) is 0 Å². The van der Waals surface area contributed by atoms with E-state index in [1.54, 1.807) is 18.2 Å². The second-order valence-electron chi connectivity index (χ2n) is 3.08. The fraction of sp³-hybridized carbons (Fsp3) is 0.400. The summed E-state index contributed by atoms with van der Waals surface area (Å²) in [5, 5.41) is 3.78. The number of alkyl halides is 2. The van der Waals surface area contributed by atoms with Crippen molar-refractivity contribution in [1.82, 2.24) is 5.32 Å². The molecule has 1 rings (SSSR count). The van der Waals surface area contributed by atoms with Crippen LogP contribution in [0.25, 0.3) is 0 Å². The van der Waals surface area contributed by atoms with Crippen LogP contribution < -0.4 is 5.32 Å². The number of rotatable bonds is 5. The van der Waals surface area contributed by atoms with Gasteiger partial charge in [-0.3, -0.25) is 0 Å². The maximum Gasteiger partial charge on any atom is 0.250 e. The third-order valence-electron chi connectivity index (χ3n) is 1.88. The summed E-state index contributed by atoms with van der Waals surface area (Å²) in [5.74, 6) is 0. The summed E-state index contributed by atoms with van der Waals surface area (Å²) in [6.45, 7) is 0.191. The molecular formula is C10H11Cl2F2N. The molecule has 0 saturated heterocycles. The monoisotopic (exact) mass is 253 g/mol. The normalized spacial score (nSPS) is 11.0. The Bertz CT molecular complexity index is 318. The first-order valence-electron chi connectivity index (χ1n) is 4.52. The Morgan fingerprint density at radius 3 is 2.60 bits per heavy atom. The first kappa shape index (κ1) is 12.7. The molecule has 5 heteroatoms. The molecular weight excluding hydrogens is 243 g/mol. The third-order valence-corrected chi connectivity index (χ3v) is 2.47. The predicted molar refractivity (Wildman–Crippen MR) is 59.0 cm³/mol. The van der Waals surface area contributed by atoms with E-state index in [2.05, 4.69) is 5.32 Å². The molecule has 0 aromatic heterocycles. The summed E-state index contributed by atoms with van der Waals surface area (Å²) in [6, 6.07) is 5.18. The van der Waals surface area contributed by atoms with Gasteiger partial charge in [0.15, 0.2) is 0 Å². The second-order valence-corrected chi connectivity index (χ2v) is 3.92. The summed E-state index contributed by atoms with van der Waals surface area (Å²) in [4.78, 5) is 0. The Labute approximate surface area is 97.4 Å². The minimum atomic E-state index is -2.31. The third kappa shape index (κ3) is 4.78. The van der Waals surface area contributed by atoms with Crippen LogP contribution in [0.2, 0.25) is 10.0 Å². The van der Waals surface area contributed by atoms with Gasteiger partial charge in [-0.05, 0) is 30.7 Å². The van der Waals surface area contributed by atoms with Crippen molar-refractivity contribution in [2.24, 2.45) is 0 Å². The lowest BCUT2D eigenvalue weighted by Gasteiger charge is -2.06. The van der Waals surface area contributed by atoms with Crippen LogP contribution in [-0.2, 0) is 6.42 Å². The highest BCUT2D eigenvalue weighted by Crippen LogP contribution is 2.20. The Morgan fingerprint density at radius 2 is 2.00 bits per heavy atom. The van der Waals surface area contributed by atoms with E-state index in [-0.39, 0.29) is 6.54 Å². The molecule has 0 aliphatic rings. The quantitative estimate of drug-likeness (QED) is 0.794. The molecule has 0 fully saturated rings. The highest BCUT2D eigenvalue weighted by atomic mass is 35.5. The Kier molecular flexibility index (Phi) is 5.29. The molecule has 84 valence electrons. The van der Waals surface area contributed by atoms with E-state index >= 15 is 0 Å². The highest BCUT2D eigenvalue weighted by Gasteiger charge is 2.03. The lowest BCUT2D eigenvalue weighted by atomic mass is 10.1. The second kappa shape index (κ2) is 6.26. The number of benzene rings is 1. The molecule has 0 aliphatic carbocycles. The maximum atomic E-state index is 11.8. The highest BCUT2D eigenvalue weighted by molar-refractivity contribution is 6.35. The SMILES string of the molecule is FC(F)CNCCc1ccc(Cl)cc1Cl. The molecule has 0 atom stereocenters. The molecule has 0 amide bonds. The molecule has 0 spiro atoms. The van der Waals surface area contributed by atoms with Gasteiger partial charge in [0, 0.05) is 10.0 Å². The lowest BCUT2D eigenvalue weighted by molar-refractivity contribution is 0.146. The van der Waals surface area contributed by atoms with Crippen LogP contribution >= 0.6 is 23.2 Å². The Balaban J connectivity index is 2.37. The van der Waals surface area contributed by atoms with Gasteiger partial charge in [0.25, 0.3) is 6.43 Å². The summed E-state index contributed by atoms with van der Waals surface area (Å²) in [5.41, 5.74) is 0.905. The first-order chi connectivity index (χ1) is 7.09. The Morgan fingerprint density at radius 1 is 1.27 bits per heavy atom. The first-order valence-corrected chi connectivity index (χ1v) is 5.28. The van der Waals surface area contributed by atoms with E-state index in [0.29, 0.717) is 23.0 Å². The van der Waals surface area contributed by atoms with Crippen molar-refractivity contribution in [3.8, 4) is 0 Å². The molecule has 0 radical (unpaired) electrons. The smallest absolute Gasteiger partial charge is 0.250 e. The van der Waals surface area contributed by atoms with Crippen LogP contribution in [0.15, 0.2) is 18.2 Å². The fourth-order valence-electron chi connectivity index (χ4n) is 1.16. The molecule has 1 aromatic rings. The average molecular weight is 254 g/mol. The van der Waals surface area contributed by atoms with E-state index < -0.39 is 6.43 Å². The maximum absolute atomic E-state index is 11.8. The molecule has 15 heavy (non-hydrogen) atoms. The van der Waals surface area contributed by atoms with Crippen molar-refractivity contribution < 1.29 is 8.78 Å². The summed E-state index contributed by atoms with van der Waals surface area (Å²) >= 11 is 11.6. The van der Waals surface area contributed by atoms with Gasteiger partial charge in [-0.1, -0.05) is 29.3 Å². The predicted octanol–water partition coefficient (Wildman–Crippen LogP) is 3.39. The van der Waals surface area contributed by atoms with Gasteiger partial charge in [0.2, 0.25) is 0 Å². The molecule has 1 N–H and O–H groups in total. The van der Waals surface area contributed by atoms with Crippen molar-refractivity contribution in [3.63, 3.8) is 0 Å². The largest absolute Gasteiger partial charge is 0.311 e. The molecule has 1 aromatic carbocycles. The van der Waals surface area contributed by atoms with Gasteiger partial charge in [-0.15, -0.1) is 0 Å². The van der Waals surface area contributed by atoms with Gasteiger partial charge in [-0.25, -0.2) is 8.78 Å². The topological polar surface area (TPSA) is 12.0 Å². The van der Waals surface area contributed by atoms with E-state index in [1.807, 2.05) is 0 Å². The summed E-state index contributed by atoms with van der Waals surface area (Å²) in [7, 11) is 0. The zero-order chi connectivity index (χ0) is 11.3. The average Bonchev–Trinajstić information content (AvgIpc) is 2.14. The van der Waals surface area contributed by atoms with Crippen molar-refractivity contribution >= 4 is 23.2 Å². The van der Waals surface area contributed by atoms with Crippen LogP contribution in [0.4, 0.5) is 8.78 Å². The van der Waals surface area contributed by atoms with Crippen molar-refractivity contribution in [3.05, 3.63) is 33.8 Å². The van der Waals surface area contributed by atoms with E-state index in [9.17, 15) is 8.78 Å². The molecule has 0 aliphatic heterocycles. The van der Waals surface area contributed by atoms with Crippen LogP contribution in [0.1, 0.15) is 5.56 Å². The molecule has 0 saturated carbocycles. The fourth-order valence-corrected chi connectivity index (χ4v) is 1.66. The summed E-state index contributed by atoms with van der Waals surface area (Å²) < 4.78 is 23.6. The van der Waals surface area contributed by atoms with Crippen LogP contribution in [0.3, 0.4) is 0 Å². The minimum absolute atomic E-state index is 0.286. The van der Waals surface area contributed by atoms with Gasteiger partial charge < -0.3 is 5.32 Å². The zero-order valence-electron chi connectivity index (χ0n) is 7.94. The van der Waals surface area contributed by atoms with Gasteiger partial charge >= 0.3 is 0 Å². The van der Waals surface area contributed by atoms with E-state index in [4.69, 9.17) is 23.2 Å². The lowest BCUT2D eigenvalue weighted by Crippen LogP contribution is -2.23. The Hall–Kier alpha value is -0.380. The molecule has 0 unspecified atom stereocenters. The minimum Gasteiger partial charge on any atom is -0.311 e. The van der Waals surface area contributed by atoms with Crippen LogP contribution in [0, 0.1) is 0 Å². The van der Waals surface area contributed by atoms with Crippen LogP contribution in [0.5, 0.6) is 0 Å².